The van der Waals surface area contributed by atoms with Crippen molar-refractivity contribution in [1.82, 2.24) is 0 Å². The fraction of sp³-hybridized carbons (Fsp3) is 0. The standard InChI is InChI=1S/C20H10Cl2N2O4/c21-12-7-5-11(6-8-12)17-18(22)20(26)23(19(17)25)15-9-10-16(24(27)28)14-4-2-1-3-13(14)15/h1-10H. The van der Waals surface area contributed by atoms with Crippen molar-refractivity contribution in [1.29, 1.82) is 0 Å². The zero-order valence-electron chi connectivity index (χ0n) is 14.1. The summed E-state index contributed by atoms with van der Waals surface area (Å²) in [6.45, 7) is 0. The van der Waals surface area contributed by atoms with Crippen LogP contribution < -0.4 is 4.90 Å². The van der Waals surface area contributed by atoms with Crippen molar-refractivity contribution in [3.8, 4) is 0 Å². The summed E-state index contributed by atoms with van der Waals surface area (Å²) in [7, 11) is 0. The normalized spacial score (nSPS) is 14.3. The number of rotatable bonds is 3. The molecule has 0 radical (unpaired) electrons. The van der Waals surface area contributed by atoms with Crippen LogP contribution in [0, 0.1) is 10.1 Å². The van der Waals surface area contributed by atoms with Crippen molar-refractivity contribution < 1.29 is 14.5 Å². The molecule has 1 aliphatic rings. The van der Waals surface area contributed by atoms with Crippen LogP contribution in [0.15, 0.2) is 65.7 Å². The highest BCUT2D eigenvalue weighted by Gasteiger charge is 2.40. The number of nitrogens with zero attached hydrogens (tertiary/aromatic N) is 2. The maximum atomic E-state index is 13.1. The molecule has 2 amide bonds. The van der Waals surface area contributed by atoms with E-state index in [2.05, 4.69) is 0 Å². The van der Waals surface area contributed by atoms with Crippen LogP contribution in [0.25, 0.3) is 16.3 Å². The van der Waals surface area contributed by atoms with Crippen molar-refractivity contribution in [3.05, 3.63) is 86.4 Å². The Morgan fingerprint density at radius 3 is 2.11 bits per heavy atom. The molecule has 0 N–H and O–H groups in total. The van der Waals surface area contributed by atoms with Crippen molar-refractivity contribution in [2.75, 3.05) is 4.90 Å². The number of benzene rings is 3. The molecule has 0 saturated carbocycles. The minimum Gasteiger partial charge on any atom is -0.268 e. The van der Waals surface area contributed by atoms with Crippen LogP contribution in [0.3, 0.4) is 0 Å². The Bertz CT molecular complexity index is 1200. The molecule has 138 valence electrons. The van der Waals surface area contributed by atoms with E-state index in [4.69, 9.17) is 23.2 Å². The van der Waals surface area contributed by atoms with E-state index in [0.717, 1.165) is 4.90 Å². The highest BCUT2D eigenvalue weighted by atomic mass is 35.5. The van der Waals surface area contributed by atoms with Gasteiger partial charge in [0.2, 0.25) is 0 Å². The van der Waals surface area contributed by atoms with Crippen molar-refractivity contribution >= 4 is 62.7 Å². The number of hydrogen-bond acceptors (Lipinski definition) is 4. The largest absolute Gasteiger partial charge is 0.277 e. The number of hydrogen-bond donors (Lipinski definition) is 0. The molecule has 0 atom stereocenters. The van der Waals surface area contributed by atoms with Crippen molar-refractivity contribution in [2.45, 2.75) is 0 Å². The topological polar surface area (TPSA) is 80.5 Å². The number of carbonyl (C=O) groups is 2. The van der Waals surface area contributed by atoms with Crippen molar-refractivity contribution in [2.24, 2.45) is 0 Å². The smallest absolute Gasteiger partial charge is 0.268 e. The number of nitro benzene ring substituents is 1. The number of non-ortho nitro benzene ring substituents is 1. The average molecular weight is 413 g/mol. The molecule has 0 bridgehead atoms. The second-order valence-corrected chi connectivity index (χ2v) is 6.86. The second-order valence-electron chi connectivity index (χ2n) is 6.05. The fourth-order valence-electron chi connectivity index (χ4n) is 3.21. The number of anilines is 1. The predicted octanol–water partition coefficient (Wildman–Crippen LogP) is 4.92. The number of amides is 2. The van der Waals surface area contributed by atoms with E-state index in [9.17, 15) is 19.7 Å². The van der Waals surface area contributed by atoms with E-state index < -0.39 is 16.7 Å². The second kappa shape index (κ2) is 6.74. The Kier molecular flexibility index (Phi) is 4.37. The van der Waals surface area contributed by atoms with Gasteiger partial charge in [0.05, 0.1) is 21.6 Å². The van der Waals surface area contributed by atoms with Crippen LogP contribution >= 0.6 is 23.2 Å². The molecule has 8 heteroatoms. The Morgan fingerprint density at radius 1 is 0.821 bits per heavy atom. The minimum atomic E-state index is -0.685. The lowest BCUT2D eigenvalue weighted by atomic mass is 10.0. The maximum absolute atomic E-state index is 13.1. The van der Waals surface area contributed by atoms with Gasteiger partial charge in [0.1, 0.15) is 5.03 Å². The maximum Gasteiger partial charge on any atom is 0.277 e. The fourth-order valence-corrected chi connectivity index (χ4v) is 3.61. The summed E-state index contributed by atoms with van der Waals surface area (Å²) in [6.07, 6.45) is 0. The summed E-state index contributed by atoms with van der Waals surface area (Å²) in [5.74, 6) is -1.29. The van der Waals surface area contributed by atoms with Crippen LogP contribution in [0.1, 0.15) is 5.56 Å². The first-order valence-corrected chi connectivity index (χ1v) is 8.86. The van der Waals surface area contributed by atoms with Gasteiger partial charge in [-0.05, 0) is 29.8 Å². The molecule has 4 rings (SSSR count). The zero-order chi connectivity index (χ0) is 20.0. The van der Waals surface area contributed by atoms with E-state index in [1.807, 2.05) is 0 Å². The molecule has 0 unspecified atom stereocenters. The molecule has 0 saturated heterocycles. The van der Waals surface area contributed by atoms with Crippen LogP contribution in [0.5, 0.6) is 0 Å². The number of halogens is 2. The van der Waals surface area contributed by atoms with Gasteiger partial charge in [0, 0.05) is 16.5 Å². The summed E-state index contributed by atoms with van der Waals surface area (Å²) in [5, 5.41) is 12.3. The highest BCUT2D eigenvalue weighted by molar-refractivity contribution is 6.60. The molecule has 1 heterocycles. The predicted molar refractivity (Wildman–Crippen MR) is 107 cm³/mol. The Labute approximate surface area is 168 Å². The molecule has 0 aliphatic carbocycles. The summed E-state index contributed by atoms with van der Waals surface area (Å²) >= 11 is 12.1. The van der Waals surface area contributed by atoms with E-state index in [1.54, 1.807) is 48.5 Å². The molecule has 6 nitrogen and oxygen atoms in total. The molecule has 1 aliphatic heterocycles. The summed E-state index contributed by atoms with van der Waals surface area (Å²) in [4.78, 5) is 37.6. The number of imide groups is 1. The van der Waals surface area contributed by atoms with Gasteiger partial charge in [0.15, 0.2) is 0 Å². The molecular formula is C20H10Cl2N2O4. The molecule has 28 heavy (non-hydrogen) atoms. The molecule has 0 spiro atoms. The van der Waals surface area contributed by atoms with Crippen LogP contribution in [0.4, 0.5) is 11.4 Å². The van der Waals surface area contributed by atoms with E-state index in [1.165, 1.54) is 12.1 Å². The quantitative estimate of drug-likeness (QED) is 0.347. The van der Waals surface area contributed by atoms with Gasteiger partial charge in [-0.25, -0.2) is 4.90 Å². The third kappa shape index (κ3) is 2.74. The molecule has 0 aromatic heterocycles. The van der Waals surface area contributed by atoms with Gasteiger partial charge in [-0.2, -0.15) is 0 Å². The SMILES string of the molecule is O=C1C(Cl)=C(c2ccc(Cl)cc2)C(=O)N1c1ccc([N+](=O)[O-])c2ccccc12. The summed E-state index contributed by atoms with van der Waals surface area (Å²) in [6, 6.07) is 15.5. The van der Waals surface area contributed by atoms with Crippen molar-refractivity contribution in [3.63, 3.8) is 0 Å². The van der Waals surface area contributed by atoms with Gasteiger partial charge in [-0.3, -0.25) is 19.7 Å². The Morgan fingerprint density at radius 2 is 1.46 bits per heavy atom. The first-order chi connectivity index (χ1) is 13.4. The molecule has 3 aromatic carbocycles. The number of carbonyl (C=O) groups excluding carboxylic acids is 2. The van der Waals surface area contributed by atoms with Gasteiger partial charge in [-0.1, -0.05) is 53.5 Å². The van der Waals surface area contributed by atoms with Gasteiger partial charge >= 0.3 is 0 Å². The summed E-state index contributed by atoms with van der Waals surface area (Å²) < 4.78 is 0. The Hall–Kier alpha value is -3.22. The zero-order valence-corrected chi connectivity index (χ0v) is 15.6. The van der Waals surface area contributed by atoms with Crippen LogP contribution in [0.2, 0.25) is 5.02 Å². The van der Waals surface area contributed by atoms with Crippen LogP contribution in [-0.4, -0.2) is 16.7 Å². The van der Waals surface area contributed by atoms with Gasteiger partial charge < -0.3 is 0 Å². The van der Waals surface area contributed by atoms with E-state index >= 15 is 0 Å². The van der Waals surface area contributed by atoms with E-state index in [0.29, 0.717) is 21.4 Å². The molecule has 0 fully saturated rings. The molecule has 3 aromatic rings. The first-order valence-electron chi connectivity index (χ1n) is 8.11. The van der Waals surface area contributed by atoms with E-state index in [-0.39, 0.29) is 22.0 Å². The lowest BCUT2D eigenvalue weighted by Gasteiger charge is -2.17. The molecular weight excluding hydrogens is 403 g/mol. The van der Waals surface area contributed by atoms with Crippen LogP contribution in [-0.2, 0) is 9.59 Å². The number of nitro groups is 1. The van der Waals surface area contributed by atoms with Gasteiger partial charge in [-0.15, -0.1) is 0 Å². The lowest BCUT2D eigenvalue weighted by molar-refractivity contribution is -0.383. The third-order valence-electron chi connectivity index (χ3n) is 4.48. The highest BCUT2D eigenvalue weighted by Crippen LogP contribution is 2.40. The number of fused-ring (bicyclic) bond motifs is 1. The minimum absolute atomic E-state index is 0.0609. The average Bonchev–Trinajstić information content (AvgIpc) is 2.90. The lowest BCUT2D eigenvalue weighted by Crippen LogP contribution is -2.31. The monoisotopic (exact) mass is 412 g/mol. The Balaban J connectivity index is 1.87. The summed E-state index contributed by atoms with van der Waals surface area (Å²) in [5.41, 5.74) is 0.640. The third-order valence-corrected chi connectivity index (χ3v) is 5.08. The van der Waals surface area contributed by atoms with Gasteiger partial charge in [0.25, 0.3) is 17.5 Å². The first kappa shape index (κ1) is 18.2.